The van der Waals surface area contributed by atoms with Crippen molar-refractivity contribution in [3.8, 4) is 6.07 Å². The Hall–Kier alpha value is -2.18. The van der Waals surface area contributed by atoms with Crippen molar-refractivity contribution in [1.29, 1.82) is 5.26 Å². The molecule has 1 fully saturated rings. The number of nitriles is 1. The lowest BCUT2D eigenvalue weighted by atomic mass is 9.63. The normalized spacial score (nSPS) is 17.8. The highest BCUT2D eigenvalue weighted by Gasteiger charge is 2.41. The van der Waals surface area contributed by atoms with Crippen molar-refractivity contribution < 1.29 is 4.39 Å². The van der Waals surface area contributed by atoms with Crippen LogP contribution in [-0.4, -0.2) is 17.0 Å². The van der Waals surface area contributed by atoms with E-state index >= 15 is 0 Å². The summed E-state index contributed by atoms with van der Waals surface area (Å²) < 4.78 is 13.7. The molecule has 0 heterocycles. The van der Waals surface area contributed by atoms with Crippen LogP contribution in [0.3, 0.4) is 0 Å². The van der Waals surface area contributed by atoms with Gasteiger partial charge in [0.05, 0.1) is 11.5 Å². The lowest BCUT2D eigenvalue weighted by molar-refractivity contribution is 0.118. The molecule has 2 aromatic carbocycles. The topological polar surface area (TPSA) is 27.0 Å². The molecule has 2 atom stereocenters. The van der Waals surface area contributed by atoms with Gasteiger partial charge in [-0.25, -0.2) is 4.39 Å². The van der Waals surface area contributed by atoms with Gasteiger partial charge >= 0.3 is 0 Å². The Bertz CT molecular complexity index is 849. The van der Waals surface area contributed by atoms with Gasteiger partial charge in [0.25, 0.3) is 0 Å². The van der Waals surface area contributed by atoms with Crippen LogP contribution in [0.4, 0.5) is 4.39 Å². The van der Waals surface area contributed by atoms with E-state index in [2.05, 4.69) is 62.1 Å². The van der Waals surface area contributed by atoms with Crippen LogP contribution in [0, 0.1) is 23.1 Å². The Morgan fingerprint density at radius 3 is 2.25 bits per heavy atom. The van der Waals surface area contributed by atoms with Crippen LogP contribution < -0.4 is 0 Å². The third-order valence-corrected chi connectivity index (χ3v) is 7.54. The quantitative estimate of drug-likeness (QED) is 0.384. The zero-order chi connectivity index (χ0) is 23.0. The first-order valence-corrected chi connectivity index (χ1v) is 12.5. The van der Waals surface area contributed by atoms with Crippen LogP contribution in [0.5, 0.6) is 0 Å². The molecule has 0 bridgehead atoms. The van der Waals surface area contributed by atoms with Crippen molar-refractivity contribution >= 4 is 0 Å². The first-order chi connectivity index (χ1) is 15.5. The summed E-state index contributed by atoms with van der Waals surface area (Å²) in [4.78, 5) is 2.59. The summed E-state index contributed by atoms with van der Waals surface area (Å²) in [7, 11) is 0. The van der Waals surface area contributed by atoms with Gasteiger partial charge in [0, 0.05) is 18.6 Å². The van der Waals surface area contributed by atoms with E-state index < -0.39 is 5.41 Å². The second-order valence-electron chi connectivity index (χ2n) is 9.78. The van der Waals surface area contributed by atoms with E-state index in [0.717, 1.165) is 44.2 Å². The molecule has 2 aromatic rings. The maximum atomic E-state index is 13.7. The third-order valence-electron chi connectivity index (χ3n) is 7.54. The van der Waals surface area contributed by atoms with Crippen LogP contribution in [0.25, 0.3) is 0 Å². The molecule has 0 radical (unpaired) electrons. The molecule has 172 valence electrons. The highest BCUT2D eigenvalue weighted by atomic mass is 19.1. The highest BCUT2D eigenvalue weighted by Crippen LogP contribution is 2.44. The number of nitrogens with zero attached hydrogens (tertiary/aromatic N) is 2. The third kappa shape index (κ3) is 5.78. The standard InChI is InChI=1S/C29H39FN2/c1-4-28(32(23(2)3)21-24-11-7-5-8-12-24)19-20-29(22-31,25-13-9-6-10-14-25)26-15-17-27(30)18-16-26/h5,7-8,11-12,15-18,23,25,28H,4,6,9-10,13-14,19-21H2,1-3H3. The molecule has 32 heavy (non-hydrogen) atoms. The molecule has 3 heteroatoms. The molecule has 1 aliphatic rings. The van der Waals surface area contributed by atoms with Crippen molar-refractivity contribution in [2.24, 2.45) is 5.92 Å². The Labute approximate surface area is 194 Å². The van der Waals surface area contributed by atoms with Gasteiger partial charge in [-0.15, -0.1) is 0 Å². The number of hydrogen-bond acceptors (Lipinski definition) is 2. The second-order valence-corrected chi connectivity index (χ2v) is 9.78. The highest BCUT2D eigenvalue weighted by molar-refractivity contribution is 5.34. The van der Waals surface area contributed by atoms with Gasteiger partial charge in [-0.3, -0.25) is 4.90 Å². The van der Waals surface area contributed by atoms with E-state index in [1.165, 1.54) is 37.0 Å². The second kappa shape index (κ2) is 11.6. The first-order valence-electron chi connectivity index (χ1n) is 12.5. The molecule has 1 saturated carbocycles. The van der Waals surface area contributed by atoms with Crippen molar-refractivity contribution in [1.82, 2.24) is 4.90 Å². The fraction of sp³-hybridized carbons (Fsp3) is 0.552. The smallest absolute Gasteiger partial charge is 0.123 e. The lowest BCUT2D eigenvalue weighted by Crippen LogP contribution is -2.42. The van der Waals surface area contributed by atoms with E-state index in [1.54, 1.807) is 0 Å². The number of halogens is 1. The Balaban J connectivity index is 1.85. The maximum absolute atomic E-state index is 13.7. The SMILES string of the molecule is CCC(CCC(C#N)(c1ccc(F)cc1)C1CCCCC1)N(Cc1ccccc1)C(C)C. The lowest BCUT2D eigenvalue weighted by Gasteiger charge is -2.41. The van der Waals surface area contributed by atoms with Crippen LogP contribution in [0.1, 0.15) is 83.3 Å². The van der Waals surface area contributed by atoms with Crippen molar-refractivity contribution in [3.63, 3.8) is 0 Å². The fourth-order valence-corrected chi connectivity index (χ4v) is 5.66. The van der Waals surface area contributed by atoms with Crippen LogP contribution in [0.15, 0.2) is 54.6 Å². The summed E-state index contributed by atoms with van der Waals surface area (Å²) >= 11 is 0. The molecule has 0 saturated heterocycles. The van der Waals surface area contributed by atoms with E-state index in [4.69, 9.17) is 0 Å². The molecule has 0 amide bonds. The van der Waals surface area contributed by atoms with Gasteiger partial charge in [0.2, 0.25) is 0 Å². The summed E-state index contributed by atoms with van der Waals surface area (Å²) in [5.41, 5.74) is 1.80. The average Bonchev–Trinajstić information content (AvgIpc) is 2.83. The van der Waals surface area contributed by atoms with Gasteiger partial charge in [0.15, 0.2) is 0 Å². The van der Waals surface area contributed by atoms with Gasteiger partial charge in [-0.1, -0.05) is 68.7 Å². The fourth-order valence-electron chi connectivity index (χ4n) is 5.66. The predicted octanol–water partition coefficient (Wildman–Crippen LogP) is 7.64. The summed E-state index contributed by atoms with van der Waals surface area (Å²) in [5.74, 6) is 0.121. The monoisotopic (exact) mass is 434 g/mol. The molecular formula is C29H39FN2. The molecule has 0 N–H and O–H groups in total. The molecule has 0 spiro atoms. The van der Waals surface area contributed by atoms with E-state index in [9.17, 15) is 9.65 Å². The van der Waals surface area contributed by atoms with Crippen LogP contribution in [-0.2, 0) is 12.0 Å². The molecule has 0 aliphatic heterocycles. The van der Waals surface area contributed by atoms with E-state index in [-0.39, 0.29) is 5.82 Å². The molecule has 2 unspecified atom stereocenters. The Morgan fingerprint density at radius 2 is 1.69 bits per heavy atom. The summed E-state index contributed by atoms with van der Waals surface area (Å²) in [6.07, 6.45) is 8.70. The van der Waals surface area contributed by atoms with E-state index in [0.29, 0.717) is 18.0 Å². The van der Waals surface area contributed by atoms with Gasteiger partial charge in [-0.05, 0) is 75.1 Å². The van der Waals surface area contributed by atoms with Gasteiger partial charge in [0.1, 0.15) is 5.82 Å². The summed E-state index contributed by atoms with van der Waals surface area (Å²) in [6, 6.07) is 21.0. The number of hydrogen-bond donors (Lipinski definition) is 0. The number of benzene rings is 2. The average molecular weight is 435 g/mol. The zero-order valence-corrected chi connectivity index (χ0v) is 20.1. The maximum Gasteiger partial charge on any atom is 0.123 e. The molecule has 3 rings (SSSR count). The first kappa shape index (κ1) is 24.5. The van der Waals surface area contributed by atoms with Gasteiger partial charge < -0.3 is 0 Å². The van der Waals surface area contributed by atoms with Crippen molar-refractivity contribution in [2.75, 3.05) is 0 Å². The minimum absolute atomic E-state index is 0.232. The largest absolute Gasteiger partial charge is 0.294 e. The molecule has 2 nitrogen and oxygen atoms in total. The van der Waals surface area contributed by atoms with Crippen molar-refractivity contribution in [2.45, 2.75) is 96.2 Å². The minimum Gasteiger partial charge on any atom is -0.294 e. The van der Waals surface area contributed by atoms with Gasteiger partial charge in [-0.2, -0.15) is 5.26 Å². The Kier molecular flexibility index (Phi) is 8.88. The summed E-state index contributed by atoms with van der Waals surface area (Å²) in [5, 5.41) is 10.6. The predicted molar refractivity (Wildman–Crippen MR) is 131 cm³/mol. The van der Waals surface area contributed by atoms with Crippen molar-refractivity contribution in [3.05, 3.63) is 71.5 Å². The number of rotatable bonds is 10. The van der Waals surface area contributed by atoms with E-state index in [1.807, 2.05) is 12.1 Å². The molecule has 0 aromatic heterocycles. The molecular weight excluding hydrogens is 395 g/mol. The van der Waals surface area contributed by atoms with Crippen LogP contribution in [0.2, 0.25) is 0 Å². The zero-order valence-electron chi connectivity index (χ0n) is 20.1. The van der Waals surface area contributed by atoms with Crippen LogP contribution >= 0.6 is 0 Å². The molecule has 1 aliphatic carbocycles. The Morgan fingerprint density at radius 1 is 1.03 bits per heavy atom. The summed E-state index contributed by atoms with van der Waals surface area (Å²) in [6.45, 7) is 7.72. The minimum atomic E-state index is -0.531.